The molecule has 1 aliphatic rings. The van der Waals surface area contributed by atoms with E-state index in [1.54, 1.807) is 13.8 Å². The van der Waals surface area contributed by atoms with Crippen LogP contribution in [0.15, 0.2) is 24.3 Å². The van der Waals surface area contributed by atoms with Crippen molar-refractivity contribution < 1.29 is 13.2 Å². The van der Waals surface area contributed by atoms with Gasteiger partial charge in [-0.3, -0.25) is 4.79 Å². The minimum atomic E-state index is -3.42. The predicted molar refractivity (Wildman–Crippen MR) is 101 cm³/mol. The Morgan fingerprint density at radius 2 is 1.72 bits per heavy atom. The zero-order valence-corrected chi connectivity index (χ0v) is 16.2. The molecule has 7 nitrogen and oxygen atoms in total. The third-order valence-electron chi connectivity index (χ3n) is 4.32. The molecule has 1 amide bonds. The molecule has 1 saturated heterocycles. The largest absolute Gasteiger partial charge is 0.369 e. The van der Waals surface area contributed by atoms with Crippen molar-refractivity contribution in [1.82, 2.24) is 9.21 Å². The number of hydrogen-bond acceptors (Lipinski definition) is 5. The summed E-state index contributed by atoms with van der Waals surface area (Å²) in [6.45, 7) is 7.36. The van der Waals surface area contributed by atoms with E-state index in [0.29, 0.717) is 5.69 Å². The highest BCUT2D eigenvalue weighted by atomic mass is 32.2. The molecule has 2 rings (SSSR count). The van der Waals surface area contributed by atoms with E-state index < -0.39 is 10.0 Å². The summed E-state index contributed by atoms with van der Waals surface area (Å²) in [7, 11) is -1.30. The van der Waals surface area contributed by atoms with Crippen molar-refractivity contribution in [2.75, 3.05) is 56.2 Å². The Hall–Kier alpha value is -1.64. The third kappa shape index (κ3) is 5.69. The Balaban J connectivity index is 1.95. The molecule has 1 aromatic rings. The maximum atomic E-state index is 12.2. The van der Waals surface area contributed by atoms with E-state index in [2.05, 4.69) is 22.2 Å². The summed E-state index contributed by atoms with van der Waals surface area (Å²) in [6, 6.07) is 7.41. The van der Waals surface area contributed by atoms with E-state index in [-0.39, 0.29) is 18.5 Å². The summed E-state index contributed by atoms with van der Waals surface area (Å²) in [5.41, 5.74) is 1.80. The van der Waals surface area contributed by atoms with Crippen LogP contribution < -0.4 is 10.2 Å². The number of nitrogens with zero attached hydrogens (tertiary/aromatic N) is 3. The predicted octanol–water partition coefficient (Wildman–Crippen LogP) is 1.05. The smallest absolute Gasteiger partial charge is 0.239 e. The van der Waals surface area contributed by atoms with Gasteiger partial charge >= 0.3 is 0 Å². The van der Waals surface area contributed by atoms with Crippen molar-refractivity contribution in [3.63, 3.8) is 0 Å². The minimum absolute atomic E-state index is 0.184. The number of sulfonamides is 1. The molecule has 0 aromatic heterocycles. The topological polar surface area (TPSA) is 73.0 Å². The molecule has 1 aliphatic heterocycles. The molecule has 0 bridgehead atoms. The molecule has 140 valence electrons. The first-order valence-corrected chi connectivity index (χ1v) is 10.3. The van der Waals surface area contributed by atoms with Crippen molar-refractivity contribution in [3.8, 4) is 0 Å². The van der Waals surface area contributed by atoms with Gasteiger partial charge in [0.2, 0.25) is 15.9 Å². The molecule has 0 unspecified atom stereocenters. The van der Waals surface area contributed by atoms with Crippen molar-refractivity contribution in [3.05, 3.63) is 24.3 Å². The molecular weight excluding hydrogens is 340 g/mol. The number of hydrogen-bond donors (Lipinski definition) is 1. The van der Waals surface area contributed by atoms with Crippen LogP contribution >= 0.6 is 0 Å². The highest BCUT2D eigenvalue weighted by Gasteiger charge is 2.23. The summed E-state index contributed by atoms with van der Waals surface area (Å²) >= 11 is 0. The number of amides is 1. The van der Waals surface area contributed by atoms with E-state index >= 15 is 0 Å². The Kier molecular flexibility index (Phi) is 6.42. The Morgan fingerprint density at radius 1 is 1.16 bits per heavy atom. The monoisotopic (exact) mass is 368 g/mol. The molecule has 8 heteroatoms. The second-order valence-corrected chi connectivity index (χ2v) is 8.72. The molecule has 1 heterocycles. The van der Waals surface area contributed by atoms with Gasteiger partial charge in [0, 0.05) is 43.6 Å². The molecule has 25 heavy (non-hydrogen) atoms. The molecule has 0 saturated carbocycles. The maximum Gasteiger partial charge on any atom is 0.239 e. The van der Waals surface area contributed by atoms with Crippen LogP contribution in [0, 0.1) is 0 Å². The summed E-state index contributed by atoms with van der Waals surface area (Å²) in [5, 5.41) is 2.76. The molecule has 1 aromatic carbocycles. The molecule has 1 fully saturated rings. The van der Waals surface area contributed by atoms with Gasteiger partial charge in [-0.25, -0.2) is 8.42 Å². The molecule has 1 N–H and O–H groups in total. The van der Waals surface area contributed by atoms with Gasteiger partial charge < -0.3 is 15.1 Å². The zero-order chi connectivity index (χ0) is 18.6. The summed E-state index contributed by atoms with van der Waals surface area (Å²) in [4.78, 5) is 16.8. The normalized spacial score (nSPS) is 16.5. The first kappa shape index (κ1) is 19.7. The van der Waals surface area contributed by atoms with Crippen LogP contribution in [0.5, 0.6) is 0 Å². The van der Waals surface area contributed by atoms with E-state index in [9.17, 15) is 13.2 Å². The van der Waals surface area contributed by atoms with Crippen molar-refractivity contribution >= 4 is 27.3 Å². The Bertz CT molecular complexity index is 680. The van der Waals surface area contributed by atoms with Gasteiger partial charge in [0.25, 0.3) is 0 Å². The second kappa shape index (κ2) is 8.16. The number of carbonyl (C=O) groups excluding carboxylic acids is 1. The van der Waals surface area contributed by atoms with E-state index in [1.165, 1.54) is 4.31 Å². The number of nitrogens with one attached hydrogen (secondary N) is 1. The number of benzene rings is 1. The lowest BCUT2D eigenvalue weighted by Gasteiger charge is -2.34. The fourth-order valence-electron chi connectivity index (χ4n) is 2.85. The fraction of sp³-hybridized carbons (Fsp3) is 0.588. The standard InChI is InChI=1S/C17H28N4O3S/c1-14(2)21(25(4,23)24)13-17(22)18-15-5-7-16(8-6-15)20-11-9-19(3)10-12-20/h5-8,14H,9-13H2,1-4H3,(H,18,22). The van der Waals surface area contributed by atoms with Gasteiger partial charge in [0.05, 0.1) is 12.8 Å². The third-order valence-corrected chi connectivity index (χ3v) is 5.72. The minimum Gasteiger partial charge on any atom is -0.369 e. The maximum absolute atomic E-state index is 12.2. The van der Waals surface area contributed by atoms with Gasteiger partial charge in [-0.2, -0.15) is 4.31 Å². The SMILES string of the molecule is CC(C)N(CC(=O)Nc1ccc(N2CCN(C)CC2)cc1)S(C)(=O)=O. The number of rotatable bonds is 6. The molecule has 0 aliphatic carbocycles. The van der Waals surface area contributed by atoms with Gasteiger partial charge in [-0.1, -0.05) is 0 Å². The average molecular weight is 369 g/mol. The highest BCUT2D eigenvalue weighted by molar-refractivity contribution is 7.88. The first-order chi connectivity index (χ1) is 11.7. The van der Waals surface area contributed by atoms with Crippen LogP contribution in [0.4, 0.5) is 11.4 Å². The summed E-state index contributed by atoms with van der Waals surface area (Å²) in [6.07, 6.45) is 1.12. The molecular formula is C17H28N4O3S. The highest BCUT2D eigenvalue weighted by Crippen LogP contribution is 2.19. The van der Waals surface area contributed by atoms with Gasteiger partial charge in [0.1, 0.15) is 0 Å². The number of piperazine rings is 1. The number of likely N-dealkylation sites (N-methyl/N-ethyl adjacent to an activating group) is 1. The van der Waals surface area contributed by atoms with Crippen LogP contribution in [0.25, 0.3) is 0 Å². The van der Waals surface area contributed by atoms with Gasteiger partial charge in [0.15, 0.2) is 0 Å². The van der Waals surface area contributed by atoms with Gasteiger partial charge in [-0.05, 0) is 45.2 Å². The quantitative estimate of drug-likeness (QED) is 0.812. The molecule has 0 radical (unpaired) electrons. The van der Waals surface area contributed by atoms with Crippen LogP contribution in [-0.4, -0.2) is 75.6 Å². The first-order valence-electron chi connectivity index (χ1n) is 8.47. The van der Waals surface area contributed by atoms with Crippen LogP contribution in [0.2, 0.25) is 0 Å². The second-order valence-electron chi connectivity index (χ2n) is 6.79. The molecule has 0 spiro atoms. The number of anilines is 2. The lowest BCUT2D eigenvalue weighted by molar-refractivity contribution is -0.116. The van der Waals surface area contributed by atoms with Crippen molar-refractivity contribution in [1.29, 1.82) is 0 Å². The lowest BCUT2D eigenvalue weighted by Crippen LogP contribution is -2.44. The fourth-order valence-corrected chi connectivity index (χ4v) is 3.96. The van der Waals surface area contributed by atoms with Crippen LogP contribution in [0.3, 0.4) is 0 Å². The molecule has 0 atom stereocenters. The van der Waals surface area contributed by atoms with Crippen molar-refractivity contribution in [2.45, 2.75) is 19.9 Å². The van der Waals surface area contributed by atoms with Crippen molar-refractivity contribution in [2.24, 2.45) is 0 Å². The number of carbonyl (C=O) groups is 1. The van der Waals surface area contributed by atoms with Crippen LogP contribution in [0.1, 0.15) is 13.8 Å². The van der Waals surface area contributed by atoms with E-state index in [4.69, 9.17) is 0 Å². The van der Waals surface area contributed by atoms with Gasteiger partial charge in [-0.15, -0.1) is 0 Å². The zero-order valence-electron chi connectivity index (χ0n) is 15.4. The van der Waals surface area contributed by atoms with Crippen LogP contribution in [-0.2, 0) is 14.8 Å². The lowest BCUT2D eigenvalue weighted by atomic mass is 10.2. The van der Waals surface area contributed by atoms with E-state index in [1.807, 2.05) is 24.3 Å². The van der Waals surface area contributed by atoms with E-state index in [0.717, 1.165) is 38.1 Å². The summed E-state index contributed by atoms with van der Waals surface area (Å²) in [5.74, 6) is -0.341. The Morgan fingerprint density at radius 3 is 2.20 bits per heavy atom. The average Bonchev–Trinajstić information content (AvgIpc) is 2.53. The Labute approximate surface area is 150 Å². The summed E-state index contributed by atoms with van der Waals surface area (Å²) < 4.78 is 24.7.